The van der Waals surface area contributed by atoms with E-state index in [1.807, 2.05) is 37.3 Å². The van der Waals surface area contributed by atoms with Crippen molar-refractivity contribution in [1.82, 2.24) is 5.32 Å². The number of carbonyl (C=O) groups excluding carboxylic acids is 1. The van der Waals surface area contributed by atoms with Crippen LogP contribution in [0.1, 0.15) is 18.9 Å². The summed E-state index contributed by atoms with van der Waals surface area (Å²) >= 11 is 5.59. The molecule has 0 fully saturated rings. The maximum absolute atomic E-state index is 11.5. The van der Waals surface area contributed by atoms with Crippen LogP contribution in [-0.4, -0.2) is 17.8 Å². The second-order valence-electron chi connectivity index (χ2n) is 3.61. The lowest BCUT2D eigenvalue weighted by molar-refractivity contribution is -0.121. The molecule has 0 saturated heterocycles. The minimum absolute atomic E-state index is 0.0545. The van der Waals surface area contributed by atoms with Crippen molar-refractivity contribution in [2.24, 2.45) is 0 Å². The zero-order valence-corrected chi connectivity index (χ0v) is 9.63. The molecule has 2 nitrogen and oxygen atoms in total. The van der Waals surface area contributed by atoms with Gasteiger partial charge in [-0.15, -0.1) is 11.6 Å². The van der Waals surface area contributed by atoms with Crippen molar-refractivity contribution >= 4 is 17.5 Å². The quantitative estimate of drug-likeness (QED) is 0.766. The fourth-order valence-corrected chi connectivity index (χ4v) is 1.67. The normalized spacial score (nSPS) is 12.1. The zero-order valence-electron chi connectivity index (χ0n) is 8.87. The van der Waals surface area contributed by atoms with Crippen molar-refractivity contribution in [3.05, 3.63) is 35.9 Å². The van der Waals surface area contributed by atoms with Crippen LogP contribution in [0.2, 0.25) is 0 Å². The fourth-order valence-electron chi connectivity index (χ4n) is 1.34. The van der Waals surface area contributed by atoms with E-state index in [1.165, 1.54) is 0 Å². The molecule has 0 heterocycles. The van der Waals surface area contributed by atoms with Crippen molar-refractivity contribution in [1.29, 1.82) is 0 Å². The highest BCUT2D eigenvalue weighted by atomic mass is 35.5. The largest absolute Gasteiger partial charge is 0.353 e. The number of hydrogen-bond acceptors (Lipinski definition) is 1. The highest BCUT2D eigenvalue weighted by Crippen LogP contribution is 2.00. The summed E-state index contributed by atoms with van der Waals surface area (Å²) < 4.78 is 0. The zero-order chi connectivity index (χ0) is 11.1. The molecule has 0 saturated carbocycles. The van der Waals surface area contributed by atoms with Gasteiger partial charge in [-0.05, 0) is 18.9 Å². The van der Waals surface area contributed by atoms with Crippen molar-refractivity contribution < 1.29 is 4.79 Å². The molecule has 0 spiro atoms. The third kappa shape index (κ3) is 4.84. The average molecular weight is 226 g/mol. The number of nitrogens with one attached hydrogen (secondary N) is 1. The van der Waals surface area contributed by atoms with E-state index in [1.54, 1.807) is 0 Å². The topological polar surface area (TPSA) is 29.1 Å². The Bertz CT molecular complexity index is 300. The van der Waals surface area contributed by atoms with Crippen LogP contribution in [0.4, 0.5) is 0 Å². The van der Waals surface area contributed by atoms with E-state index in [2.05, 4.69) is 5.32 Å². The van der Waals surface area contributed by atoms with Gasteiger partial charge < -0.3 is 5.32 Å². The summed E-state index contributed by atoms with van der Waals surface area (Å²) in [5.41, 5.74) is 1.04. The molecule has 0 aliphatic heterocycles. The van der Waals surface area contributed by atoms with Crippen LogP contribution in [0, 0.1) is 0 Å². The molecule has 3 heteroatoms. The second kappa shape index (κ2) is 6.46. The molecule has 15 heavy (non-hydrogen) atoms. The number of rotatable bonds is 5. The number of halogens is 1. The van der Waals surface area contributed by atoms with Crippen LogP contribution < -0.4 is 5.32 Å². The SMILES string of the molecule is CC(CCCl)NC(=O)Cc1ccccc1. The summed E-state index contributed by atoms with van der Waals surface area (Å²) in [6.45, 7) is 1.96. The molecule has 1 aromatic rings. The van der Waals surface area contributed by atoms with Gasteiger partial charge in [0.15, 0.2) is 0 Å². The number of hydrogen-bond donors (Lipinski definition) is 1. The van der Waals surface area contributed by atoms with Crippen LogP contribution in [0.5, 0.6) is 0 Å². The van der Waals surface area contributed by atoms with E-state index in [0.29, 0.717) is 12.3 Å². The van der Waals surface area contributed by atoms with Crippen LogP contribution in [0.25, 0.3) is 0 Å². The van der Waals surface area contributed by atoms with Crippen LogP contribution in [0.3, 0.4) is 0 Å². The van der Waals surface area contributed by atoms with E-state index in [4.69, 9.17) is 11.6 Å². The van der Waals surface area contributed by atoms with E-state index < -0.39 is 0 Å². The molecule has 0 aliphatic rings. The van der Waals surface area contributed by atoms with Gasteiger partial charge in [0.2, 0.25) is 5.91 Å². The standard InChI is InChI=1S/C12H16ClNO/c1-10(7-8-13)14-12(15)9-11-5-3-2-4-6-11/h2-6,10H,7-9H2,1H3,(H,14,15). The molecular formula is C12H16ClNO. The van der Waals surface area contributed by atoms with Crippen LogP contribution in [0.15, 0.2) is 30.3 Å². The van der Waals surface area contributed by atoms with Crippen LogP contribution >= 0.6 is 11.6 Å². The van der Waals surface area contributed by atoms with Gasteiger partial charge in [-0.3, -0.25) is 4.79 Å². The minimum Gasteiger partial charge on any atom is -0.353 e. The maximum atomic E-state index is 11.5. The maximum Gasteiger partial charge on any atom is 0.224 e. The molecule has 0 radical (unpaired) electrons. The Morgan fingerprint density at radius 1 is 1.40 bits per heavy atom. The molecule has 82 valence electrons. The Morgan fingerprint density at radius 3 is 2.67 bits per heavy atom. The monoisotopic (exact) mass is 225 g/mol. The fraction of sp³-hybridized carbons (Fsp3) is 0.417. The van der Waals surface area contributed by atoms with Gasteiger partial charge in [0.05, 0.1) is 6.42 Å². The Kier molecular flexibility index (Phi) is 5.19. The van der Waals surface area contributed by atoms with Gasteiger partial charge in [0.1, 0.15) is 0 Å². The van der Waals surface area contributed by atoms with Gasteiger partial charge in [-0.2, -0.15) is 0 Å². The lowest BCUT2D eigenvalue weighted by atomic mass is 10.1. The van der Waals surface area contributed by atoms with Crippen molar-refractivity contribution in [3.8, 4) is 0 Å². The lowest BCUT2D eigenvalue weighted by Crippen LogP contribution is -2.33. The highest BCUT2D eigenvalue weighted by molar-refractivity contribution is 6.17. The molecule has 1 aromatic carbocycles. The molecule has 1 atom stereocenters. The van der Waals surface area contributed by atoms with Gasteiger partial charge in [0, 0.05) is 11.9 Å². The van der Waals surface area contributed by atoms with Gasteiger partial charge in [-0.25, -0.2) is 0 Å². The van der Waals surface area contributed by atoms with Gasteiger partial charge >= 0.3 is 0 Å². The summed E-state index contributed by atoms with van der Waals surface area (Å²) in [7, 11) is 0. The van der Waals surface area contributed by atoms with Crippen molar-refractivity contribution in [3.63, 3.8) is 0 Å². The number of benzene rings is 1. The molecular weight excluding hydrogens is 210 g/mol. The summed E-state index contributed by atoms with van der Waals surface area (Å²) in [4.78, 5) is 11.5. The molecule has 1 N–H and O–H groups in total. The van der Waals surface area contributed by atoms with Crippen molar-refractivity contribution in [2.75, 3.05) is 5.88 Å². The molecule has 1 amide bonds. The molecule has 1 rings (SSSR count). The first-order valence-electron chi connectivity index (χ1n) is 5.11. The van der Waals surface area contributed by atoms with E-state index in [-0.39, 0.29) is 11.9 Å². The molecule has 0 aliphatic carbocycles. The second-order valence-corrected chi connectivity index (χ2v) is 3.99. The summed E-state index contributed by atoms with van der Waals surface area (Å²) in [6.07, 6.45) is 1.25. The van der Waals surface area contributed by atoms with Gasteiger partial charge in [-0.1, -0.05) is 30.3 Å². The summed E-state index contributed by atoms with van der Waals surface area (Å²) in [5, 5.41) is 2.91. The van der Waals surface area contributed by atoms with Crippen LogP contribution in [-0.2, 0) is 11.2 Å². The summed E-state index contributed by atoms with van der Waals surface area (Å²) in [5.74, 6) is 0.631. The third-order valence-electron chi connectivity index (χ3n) is 2.16. The smallest absolute Gasteiger partial charge is 0.224 e. The lowest BCUT2D eigenvalue weighted by Gasteiger charge is -2.11. The Hall–Kier alpha value is -1.02. The Morgan fingerprint density at radius 2 is 2.07 bits per heavy atom. The molecule has 0 aromatic heterocycles. The molecule has 1 unspecified atom stereocenters. The first kappa shape index (κ1) is 12.1. The van der Waals surface area contributed by atoms with E-state index in [0.717, 1.165) is 12.0 Å². The highest BCUT2D eigenvalue weighted by Gasteiger charge is 2.06. The predicted octanol–water partition coefficient (Wildman–Crippen LogP) is 2.36. The number of carbonyl (C=O) groups is 1. The Labute approximate surface area is 95.6 Å². The first-order valence-corrected chi connectivity index (χ1v) is 5.65. The number of amides is 1. The average Bonchev–Trinajstić information content (AvgIpc) is 2.19. The molecule has 0 bridgehead atoms. The third-order valence-corrected chi connectivity index (χ3v) is 2.38. The predicted molar refractivity (Wildman–Crippen MR) is 63.1 cm³/mol. The van der Waals surface area contributed by atoms with E-state index >= 15 is 0 Å². The Balaban J connectivity index is 2.36. The first-order chi connectivity index (χ1) is 7.22. The minimum atomic E-state index is 0.0545. The van der Waals surface area contributed by atoms with Gasteiger partial charge in [0.25, 0.3) is 0 Å². The van der Waals surface area contributed by atoms with E-state index in [9.17, 15) is 4.79 Å². The summed E-state index contributed by atoms with van der Waals surface area (Å²) in [6, 6.07) is 9.86. The number of alkyl halides is 1. The van der Waals surface area contributed by atoms with Crippen molar-refractivity contribution in [2.45, 2.75) is 25.8 Å².